The predicted octanol–water partition coefficient (Wildman–Crippen LogP) is 10.2. The Morgan fingerprint density at radius 3 is 2.37 bits per heavy atom. The summed E-state index contributed by atoms with van der Waals surface area (Å²) in [6.07, 6.45) is 2.85. The number of aromatic carboxylic acids is 1. The smallest absolute Gasteiger partial charge is 0.354 e. The number of amides is 1. The summed E-state index contributed by atoms with van der Waals surface area (Å²) in [5.74, 6) is -0.655. The number of para-hydroxylation sites is 1. The van der Waals surface area contributed by atoms with E-state index in [1.54, 1.807) is 15.7 Å². The van der Waals surface area contributed by atoms with Gasteiger partial charge >= 0.3 is 5.97 Å². The van der Waals surface area contributed by atoms with Crippen molar-refractivity contribution in [1.82, 2.24) is 23.9 Å². The fourth-order valence-electron chi connectivity index (χ4n) is 8.70. The molecule has 7 aromatic rings. The minimum Gasteiger partial charge on any atom is -0.494 e. The molecular weight excluding hydrogens is 759 g/mol. The molecule has 0 spiro atoms. The first-order chi connectivity index (χ1) is 27.3. The van der Waals surface area contributed by atoms with E-state index in [9.17, 15) is 9.90 Å². The van der Waals surface area contributed by atoms with Crippen LogP contribution < -0.4 is 9.64 Å². The molecule has 0 aliphatic carbocycles. The van der Waals surface area contributed by atoms with Crippen molar-refractivity contribution < 1.29 is 19.4 Å². The number of carbonyl (C=O) groups is 2. The summed E-state index contributed by atoms with van der Waals surface area (Å²) in [6, 6.07) is 18.9. The van der Waals surface area contributed by atoms with Gasteiger partial charge in [-0.3, -0.25) is 14.5 Å². The number of nitrogens with zero attached hydrogens (tertiary/aromatic N) is 6. The van der Waals surface area contributed by atoms with Crippen LogP contribution in [0.2, 0.25) is 10.0 Å². The zero-order valence-electron chi connectivity index (χ0n) is 33.1. The Morgan fingerprint density at radius 1 is 0.947 bits per heavy atom. The van der Waals surface area contributed by atoms with Crippen LogP contribution in [-0.2, 0) is 20.0 Å². The van der Waals surface area contributed by atoms with Crippen LogP contribution in [0.3, 0.4) is 0 Å². The first-order valence-corrected chi connectivity index (χ1v) is 19.9. The van der Waals surface area contributed by atoms with Crippen molar-refractivity contribution in [3.8, 4) is 16.9 Å². The van der Waals surface area contributed by atoms with Crippen LogP contribution >= 0.6 is 23.2 Å². The Balaban J connectivity index is 1.30. The maximum atomic E-state index is 15.4. The Hall–Kier alpha value is -5.58. The fraction of sp³-hybridized carbons (Fsp3) is 0.289. The number of benzene rings is 3. The molecule has 4 aromatic heterocycles. The van der Waals surface area contributed by atoms with Crippen molar-refractivity contribution in [1.29, 1.82) is 0 Å². The Bertz CT molecular complexity index is 2760. The van der Waals surface area contributed by atoms with Gasteiger partial charge in [0.15, 0.2) is 5.69 Å². The number of fused-ring (bicyclic) bond motifs is 4. The molecule has 1 aliphatic rings. The summed E-state index contributed by atoms with van der Waals surface area (Å²) in [6.45, 7) is 12.8. The molecule has 1 atom stereocenters. The van der Waals surface area contributed by atoms with Crippen molar-refractivity contribution in [2.45, 2.75) is 67.0 Å². The monoisotopic (exact) mass is 802 g/mol. The van der Waals surface area contributed by atoms with Gasteiger partial charge in [0.25, 0.3) is 5.91 Å². The zero-order valence-corrected chi connectivity index (χ0v) is 34.6. The normalized spacial score (nSPS) is 14.2. The standard InChI is InChI=1S/C45H44Cl2N6O4/c1-24-12-10-18-48-35(24)23-51-36-15-9-8-13-33(36)41(43(51)45(55)56)52-22-27(4)53-40-32(16-17-34(46)38(40)37-28(5)49-50(7)29(37)6)31(42(53)44(52)54)14-11-19-57-30-20-25(2)39(47)26(3)21-30/h8-10,12-13,15-18,20-21,27H,11,14,19,22-23H2,1-7H3,(H,55,56)/t27-/m1/s1. The largest absolute Gasteiger partial charge is 0.494 e. The third kappa shape index (κ3) is 6.35. The van der Waals surface area contributed by atoms with E-state index in [1.807, 2.05) is 107 Å². The van der Waals surface area contributed by atoms with Gasteiger partial charge in [0.05, 0.1) is 46.3 Å². The summed E-state index contributed by atoms with van der Waals surface area (Å²) < 4.78 is 12.0. The molecule has 57 heavy (non-hydrogen) atoms. The topological polar surface area (TPSA) is 107 Å². The number of pyridine rings is 1. The van der Waals surface area contributed by atoms with Gasteiger partial charge in [-0.1, -0.05) is 53.5 Å². The van der Waals surface area contributed by atoms with Crippen LogP contribution in [0.5, 0.6) is 5.75 Å². The van der Waals surface area contributed by atoms with Gasteiger partial charge in [-0.2, -0.15) is 5.10 Å². The van der Waals surface area contributed by atoms with Crippen molar-refractivity contribution in [2.75, 3.05) is 18.1 Å². The van der Waals surface area contributed by atoms with Crippen molar-refractivity contribution in [2.24, 2.45) is 7.05 Å². The second kappa shape index (κ2) is 14.7. The molecule has 0 saturated heterocycles. The van der Waals surface area contributed by atoms with E-state index in [-0.39, 0.29) is 30.7 Å². The fourth-order valence-corrected chi connectivity index (χ4v) is 9.05. The van der Waals surface area contributed by atoms with Gasteiger partial charge in [0.2, 0.25) is 0 Å². The van der Waals surface area contributed by atoms with Crippen LogP contribution in [0.4, 0.5) is 5.69 Å². The number of hydrogen-bond donors (Lipinski definition) is 1. The average molecular weight is 804 g/mol. The third-order valence-corrected chi connectivity index (χ3v) is 12.3. The highest BCUT2D eigenvalue weighted by Crippen LogP contribution is 2.46. The van der Waals surface area contributed by atoms with Gasteiger partial charge in [0.1, 0.15) is 11.4 Å². The quantitative estimate of drug-likeness (QED) is 0.138. The number of ether oxygens (including phenoxy) is 1. The first-order valence-electron chi connectivity index (χ1n) is 19.1. The molecule has 0 fully saturated rings. The lowest BCUT2D eigenvalue weighted by Crippen LogP contribution is -2.43. The number of halogens is 2. The van der Waals surface area contributed by atoms with E-state index in [1.165, 1.54) is 0 Å². The molecule has 8 rings (SSSR count). The molecule has 10 nitrogen and oxygen atoms in total. The Kier molecular flexibility index (Phi) is 9.90. The molecule has 0 bridgehead atoms. The van der Waals surface area contributed by atoms with Gasteiger partial charge in [-0.05, 0) is 107 Å². The summed E-state index contributed by atoms with van der Waals surface area (Å²) >= 11 is 13.6. The highest BCUT2D eigenvalue weighted by atomic mass is 35.5. The minimum atomic E-state index is -1.12. The summed E-state index contributed by atoms with van der Waals surface area (Å²) in [4.78, 5) is 35.1. The Labute approximate surface area is 341 Å². The van der Waals surface area contributed by atoms with Crippen LogP contribution in [0.25, 0.3) is 32.9 Å². The number of hydrogen-bond acceptors (Lipinski definition) is 5. The van der Waals surface area contributed by atoms with E-state index >= 15 is 4.79 Å². The zero-order chi connectivity index (χ0) is 40.4. The maximum absolute atomic E-state index is 15.4. The molecule has 0 saturated carbocycles. The lowest BCUT2D eigenvalue weighted by atomic mass is 9.98. The summed E-state index contributed by atoms with van der Waals surface area (Å²) in [5.41, 5.74) is 10.5. The number of carboxylic acids is 1. The van der Waals surface area contributed by atoms with Crippen LogP contribution in [0, 0.1) is 34.6 Å². The second-order valence-electron chi connectivity index (χ2n) is 15.1. The van der Waals surface area contributed by atoms with Crippen molar-refractivity contribution in [3.63, 3.8) is 0 Å². The summed E-state index contributed by atoms with van der Waals surface area (Å²) in [5, 5.41) is 18.6. The van der Waals surface area contributed by atoms with Gasteiger partial charge in [-0.25, -0.2) is 4.79 Å². The number of carbonyl (C=O) groups excluding carboxylic acids is 1. The second-order valence-corrected chi connectivity index (χ2v) is 15.9. The molecule has 1 amide bonds. The lowest BCUT2D eigenvalue weighted by molar-refractivity contribution is 0.0687. The average Bonchev–Trinajstić information content (AvgIpc) is 3.77. The van der Waals surface area contributed by atoms with Gasteiger partial charge in [0, 0.05) is 58.4 Å². The van der Waals surface area contributed by atoms with Gasteiger partial charge < -0.3 is 23.9 Å². The highest BCUT2D eigenvalue weighted by Gasteiger charge is 2.40. The summed E-state index contributed by atoms with van der Waals surface area (Å²) in [7, 11) is 1.91. The molecule has 0 radical (unpaired) electrons. The van der Waals surface area contributed by atoms with Gasteiger partial charge in [-0.15, -0.1) is 0 Å². The maximum Gasteiger partial charge on any atom is 0.354 e. The van der Waals surface area contributed by atoms with E-state index in [4.69, 9.17) is 33.0 Å². The van der Waals surface area contributed by atoms with E-state index in [2.05, 4.69) is 16.5 Å². The highest BCUT2D eigenvalue weighted by molar-refractivity contribution is 6.35. The van der Waals surface area contributed by atoms with E-state index < -0.39 is 5.97 Å². The predicted molar refractivity (Wildman–Crippen MR) is 227 cm³/mol. The van der Waals surface area contributed by atoms with Crippen LogP contribution in [0.1, 0.15) is 79.7 Å². The first kappa shape index (κ1) is 38.3. The number of anilines is 1. The third-order valence-electron chi connectivity index (χ3n) is 11.4. The molecule has 0 unspecified atom stereocenters. The number of carboxylic acid groups (broad SMARTS) is 1. The molecule has 1 N–H and O–H groups in total. The minimum absolute atomic E-state index is 0.0419. The number of aromatic nitrogens is 5. The number of rotatable bonds is 10. The van der Waals surface area contributed by atoms with E-state index in [0.717, 1.165) is 72.1 Å². The van der Waals surface area contributed by atoms with Crippen molar-refractivity contribution in [3.05, 3.63) is 128 Å². The molecule has 1 aliphatic heterocycles. The van der Waals surface area contributed by atoms with E-state index in [0.29, 0.717) is 46.8 Å². The molecule has 292 valence electrons. The number of aryl methyl sites for hydroxylation is 6. The van der Waals surface area contributed by atoms with Crippen LogP contribution in [0.15, 0.2) is 66.9 Å². The molecule has 5 heterocycles. The van der Waals surface area contributed by atoms with Crippen molar-refractivity contribution >= 4 is 62.6 Å². The SMILES string of the molecule is Cc1cccnc1Cn1c(C(=O)O)c(N2C[C@@H](C)n3c(c(CCCOc4cc(C)c(Cl)c(C)c4)c4ccc(Cl)c(-c5c(C)nn(C)c5C)c43)C2=O)c2ccccc21. The van der Waals surface area contributed by atoms with Crippen LogP contribution in [-0.4, -0.2) is 54.0 Å². The molecule has 12 heteroatoms. The lowest BCUT2D eigenvalue weighted by Gasteiger charge is -2.34. The Morgan fingerprint density at radius 2 is 1.68 bits per heavy atom. The molecular formula is C45H44Cl2N6O4. The molecule has 3 aromatic carbocycles.